The normalized spacial score (nSPS) is 25.9. The van der Waals surface area contributed by atoms with Gasteiger partial charge >= 0.3 is 18.1 Å². The average molecular weight is 598 g/mol. The zero-order chi connectivity index (χ0) is 31.2. The fourth-order valence-electron chi connectivity index (χ4n) is 6.32. The first-order valence-corrected chi connectivity index (χ1v) is 14.2. The van der Waals surface area contributed by atoms with E-state index in [-0.39, 0.29) is 36.7 Å². The number of rotatable bonds is 8. The summed E-state index contributed by atoms with van der Waals surface area (Å²) in [6.07, 6.45) is 0.284. The fraction of sp³-hybridized carbons (Fsp3) is 0.621. The Kier molecular flexibility index (Phi) is 10.7. The molecule has 4 rings (SSSR count). The molecule has 1 saturated carbocycles. The van der Waals surface area contributed by atoms with Crippen molar-refractivity contribution >= 4 is 29.7 Å². The number of carbonyl (C=O) groups excluding carboxylic acids is 4. The van der Waals surface area contributed by atoms with Gasteiger partial charge in [0.05, 0.1) is 25.5 Å². The minimum Gasteiger partial charge on any atom is -0.475 e. The van der Waals surface area contributed by atoms with Gasteiger partial charge in [-0.1, -0.05) is 56.5 Å². The quantitative estimate of drug-likeness (QED) is 0.345. The van der Waals surface area contributed by atoms with Gasteiger partial charge in [0.1, 0.15) is 5.54 Å². The highest BCUT2D eigenvalue weighted by Crippen LogP contribution is 2.46. The van der Waals surface area contributed by atoms with Gasteiger partial charge in [0, 0.05) is 25.0 Å². The largest absolute Gasteiger partial charge is 0.490 e. The first-order valence-electron chi connectivity index (χ1n) is 14.2. The number of likely N-dealkylation sites (N-methyl/N-ethyl adjacent to an activating group) is 1. The molecule has 232 valence electrons. The first-order chi connectivity index (χ1) is 19.8. The Morgan fingerprint density at radius 3 is 2.17 bits per heavy atom. The lowest BCUT2D eigenvalue weighted by Crippen LogP contribution is -2.58. The van der Waals surface area contributed by atoms with Crippen molar-refractivity contribution in [2.45, 2.75) is 76.7 Å². The van der Waals surface area contributed by atoms with E-state index >= 15 is 0 Å². The highest BCUT2D eigenvalue weighted by atomic mass is 19.4. The van der Waals surface area contributed by atoms with Gasteiger partial charge in [-0.2, -0.15) is 13.2 Å². The van der Waals surface area contributed by atoms with Crippen LogP contribution in [0.15, 0.2) is 30.3 Å². The van der Waals surface area contributed by atoms with E-state index in [9.17, 15) is 32.3 Å². The molecule has 2 aliphatic heterocycles. The van der Waals surface area contributed by atoms with E-state index in [0.29, 0.717) is 13.0 Å². The van der Waals surface area contributed by atoms with Gasteiger partial charge in [-0.15, -0.1) is 0 Å². The number of fused-ring (bicyclic) bond motifs is 1. The van der Waals surface area contributed by atoms with Crippen molar-refractivity contribution < 1.29 is 47.0 Å². The van der Waals surface area contributed by atoms with Crippen molar-refractivity contribution in [3.63, 3.8) is 0 Å². The van der Waals surface area contributed by atoms with Crippen LogP contribution in [-0.2, 0) is 35.3 Å². The topological polar surface area (TPSA) is 133 Å². The van der Waals surface area contributed by atoms with Crippen molar-refractivity contribution in [3.05, 3.63) is 35.9 Å². The Morgan fingerprint density at radius 2 is 1.67 bits per heavy atom. The molecule has 2 N–H and O–H groups in total. The maximum Gasteiger partial charge on any atom is 0.490 e. The van der Waals surface area contributed by atoms with Gasteiger partial charge in [0.15, 0.2) is 0 Å². The van der Waals surface area contributed by atoms with E-state index in [0.717, 1.165) is 37.7 Å². The number of esters is 1. The summed E-state index contributed by atoms with van der Waals surface area (Å²) in [6.45, 7) is 4.72. The number of carboxylic acid groups (broad SMARTS) is 1. The Labute approximate surface area is 242 Å². The van der Waals surface area contributed by atoms with E-state index in [4.69, 9.17) is 14.6 Å². The van der Waals surface area contributed by atoms with Crippen LogP contribution in [0.3, 0.4) is 0 Å². The average Bonchev–Trinajstić information content (AvgIpc) is 3.45. The fourth-order valence-corrected chi connectivity index (χ4v) is 6.32. The number of carboxylic acids is 1. The maximum atomic E-state index is 13.7. The Morgan fingerprint density at radius 1 is 1.07 bits per heavy atom. The number of hydrogen-bond acceptors (Lipinski definition) is 7. The molecule has 0 unspecified atom stereocenters. The number of benzene rings is 1. The molecule has 0 spiro atoms. The summed E-state index contributed by atoms with van der Waals surface area (Å²) in [5.41, 5.74) is -0.447. The number of nitrogens with one attached hydrogen (secondary N) is 1. The number of carbonyl (C=O) groups is 5. The van der Waals surface area contributed by atoms with Gasteiger partial charge in [0.25, 0.3) is 0 Å². The van der Waals surface area contributed by atoms with Crippen LogP contribution >= 0.6 is 0 Å². The molecule has 0 bridgehead atoms. The van der Waals surface area contributed by atoms with Crippen LogP contribution in [0.4, 0.5) is 13.2 Å². The molecule has 1 aromatic rings. The molecule has 4 atom stereocenters. The summed E-state index contributed by atoms with van der Waals surface area (Å²) in [5.74, 6) is -5.41. The highest BCUT2D eigenvalue weighted by molar-refractivity contribution is 6.09. The number of ether oxygens (including phenoxy) is 1. The molecular formula is C29H38F3N3O7. The molecule has 13 heteroatoms. The summed E-state index contributed by atoms with van der Waals surface area (Å²) >= 11 is 0. The van der Waals surface area contributed by atoms with Crippen molar-refractivity contribution in [3.8, 4) is 0 Å². The SMILES string of the molecule is CCN(C[C@H]1N[C@@](CC)(C(=O)OC)[C@H]2C(=O)N(Cc3ccccc3)C(=O)[C@@H]12)C(=O)C1CCCCC1.O=C(O)C(F)(F)F. The second-order valence-electron chi connectivity index (χ2n) is 10.8. The number of hydrogen-bond donors (Lipinski definition) is 2. The molecule has 3 amide bonds. The number of nitrogens with zero attached hydrogens (tertiary/aromatic N) is 2. The molecule has 3 aliphatic rings. The smallest absolute Gasteiger partial charge is 0.475 e. The zero-order valence-electron chi connectivity index (χ0n) is 24.0. The second-order valence-corrected chi connectivity index (χ2v) is 10.8. The minimum absolute atomic E-state index is 0.00734. The van der Waals surface area contributed by atoms with Gasteiger partial charge in [-0.3, -0.25) is 29.4 Å². The Balaban J connectivity index is 0.000000616. The molecule has 1 aromatic carbocycles. The number of methoxy groups -OCH3 is 1. The summed E-state index contributed by atoms with van der Waals surface area (Å²) < 4.78 is 36.9. The van der Waals surface area contributed by atoms with E-state index < -0.39 is 41.5 Å². The molecule has 0 radical (unpaired) electrons. The predicted octanol–water partition coefficient (Wildman–Crippen LogP) is 3.14. The summed E-state index contributed by atoms with van der Waals surface area (Å²) in [4.78, 5) is 65.7. The molecule has 42 heavy (non-hydrogen) atoms. The van der Waals surface area contributed by atoms with Crippen LogP contribution in [0, 0.1) is 17.8 Å². The van der Waals surface area contributed by atoms with E-state index in [1.165, 1.54) is 12.0 Å². The van der Waals surface area contributed by atoms with Crippen molar-refractivity contribution in [2.75, 3.05) is 20.2 Å². The van der Waals surface area contributed by atoms with Crippen molar-refractivity contribution in [1.29, 1.82) is 0 Å². The van der Waals surface area contributed by atoms with Crippen LogP contribution in [0.5, 0.6) is 0 Å². The van der Waals surface area contributed by atoms with Crippen LogP contribution in [0.2, 0.25) is 0 Å². The van der Waals surface area contributed by atoms with Crippen LogP contribution in [0.25, 0.3) is 0 Å². The molecule has 10 nitrogen and oxygen atoms in total. The Hall–Kier alpha value is -3.48. The molecular weight excluding hydrogens is 559 g/mol. The predicted molar refractivity (Wildman–Crippen MR) is 143 cm³/mol. The lowest BCUT2D eigenvalue weighted by Gasteiger charge is -2.34. The number of imide groups is 1. The number of aliphatic carboxylic acids is 1. The third kappa shape index (κ3) is 6.77. The molecule has 0 aromatic heterocycles. The minimum atomic E-state index is -5.08. The first kappa shape index (κ1) is 33.0. The molecule has 2 heterocycles. The van der Waals surface area contributed by atoms with Crippen molar-refractivity contribution in [2.24, 2.45) is 17.8 Å². The number of halogens is 3. The van der Waals surface area contributed by atoms with Gasteiger partial charge in [0.2, 0.25) is 17.7 Å². The lowest BCUT2D eigenvalue weighted by molar-refractivity contribution is -0.192. The van der Waals surface area contributed by atoms with Crippen LogP contribution in [-0.4, -0.2) is 82.5 Å². The van der Waals surface area contributed by atoms with E-state index in [1.807, 2.05) is 44.2 Å². The monoisotopic (exact) mass is 597 g/mol. The van der Waals surface area contributed by atoms with Crippen LogP contribution < -0.4 is 5.32 Å². The number of alkyl halides is 3. The molecule has 3 fully saturated rings. The third-order valence-corrected chi connectivity index (χ3v) is 8.45. The number of likely N-dealkylation sites (tertiary alicyclic amines) is 1. The van der Waals surface area contributed by atoms with Gasteiger partial charge < -0.3 is 14.7 Å². The van der Waals surface area contributed by atoms with Crippen LogP contribution in [0.1, 0.15) is 57.9 Å². The highest BCUT2D eigenvalue weighted by Gasteiger charge is 2.68. The van der Waals surface area contributed by atoms with E-state index in [1.54, 1.807) is 4.90 Å². The second kappa shape index (κ2) is 13.7. The zero-order valence-corrected chi connectivity index (χ0v) is 24.0. The maximum absolute atomic E-state index is 13.7. The summed E-state index contributed by atoms with van der Waals surface area (Å²) in [7, 11) is 1.30. The summed E-state index contributed by atoms with van der Waals surface area (Å²) in [6, 6.07) is 8.86. The van der Waals surface area contributed by atoms with Gasteiger partial charge in [-0.05, 0) is 31.7 Å². The number of amides is 3. The standard InChI is InChI=1S/C27H37N3O5.C2HF3O2/c1-4-27(26(34)35-3)22-21(24(32)30(25(22)33)16-18-12-8-6-9-13-18)20(28-27)17-29(5-2)23(31)19-14-10-7-11-15-19;3-2(4,5)1(6)7/h6,8-9,12-13,19-22,28H,4-5,7,10-11,14-17H2,1-3H3;(H,6,7)/t20-,21+,22-,27-;/m1./s1. The van der Waals surface area contributed by atoms with Gasteiger partial charge in [-0.25, -0.2) is 4.79 Å². The van der Waals surface area contributed by atoms with E-state index in [2.05, 4.69) is 5.32 Å². The molecule has 2 saturated heterocycles. The Bertz CT molecular complexity index is 1160. The molecule has 1 aliphatic carbocycles. The van der Waals surface area contributed by atoms with Crippen molar-refractivity contribution in [1.82, 2.24) is 15.1 Å². The summed E-state index contributed by atoms with van der Waals surface area (Å²) in [5, 5.41) is 10.5. The lowest BCUT2D eigenvalue weighted by atomic mass is 9.78. The third-order valence-electron chi connectivity index (χ3n) is 8.45.